The summed E-state index contributed by atoms with van der Waals surface area (Å²) in [6.07, 6.45) is -4.50. The highest BCUT2D eigenvalue weighted by atomic mass is 19.4. The summed E-state index contributed by atoms with van der Waals surface area (Å²) in [5, 5.41) is 2.41. The number of benzene rings is 1. The fourth-order valence-corrected chi connectivity index (χ4v) is 1.19. The summed E-state index contributed by atoms with van der Waals surface area (Å²) in [6, 6.07) is 3.44. The van der Waals surface area contributed by atoms with Crippen molar-refractivity contribution in [2.24, 2.45) is 0 Å². The third kappa shape index (κ3) is 4.01. The van der Waals surface area contributed by atoms with E-state index in [2.05, 4.69) is 17.2 Å². The molecule has 0 unspecified atom stereocenters. The number of alkyl halides is 3. The molecule has 3 N–H and O–H groups in total. The highest BCUT2D eigenvalue weighted by Gasteiger charge is 2.32. The van der Waals surface area contributed by atoms with Crippen molar-refractivity contribution in [3.8, 4) is 11.8 Å². The second kappa shape index (κ2) is 5.45. The van der Waals surface area contributed by atoms with Crippen LogP contribution in [0.2, 0.25) is 0 Å². The fraction of sp³-hybridized carbons (Fsp3) is 0.250. The molecule has 1 aromatic carbocycles. The summed E-state index contributed by atoms with van der Waals surface area (Å²) in [5.41, 5.74) is 4.19. The van der Waals surface area contributed by atoms with Crippen LogP contribution in [-0.2, 0) is 11.0 Å². The first-order valence-corrected chi connectivity index (χ1v) is 5.00. The predicted molar refractivity (Wildman–Crippen MR) is 61.4 cm³/mol. The Labute approximate surface area is 102 Å². The van der Waals surface area contributed by atoms with Gasteiger partial charge in [0.1, 0.15) is 0 Å². The number of hydrogen-bond donors (Lipinski definition) is 2. The number of nitrogen functional groups attached to an aromatic ring is 1. The Bertz CT molecular complexity index is 512. The molecule has 0 aliphatic rings. The molecule has 0 atom stereocenters. The number of halogens is 3. The fourth-order valence-electron chi connectivity index (χ4n) is 1.19. The van der Waals surface area contributed by atoms with Gasteiger partial charge < -0.3 is 11.1 Å². The van der Waals surface area contributed by atoms with Crippen LogP contribution in [0.5, 0.6) is 0 Å². The summed E-state index contributed by atoms with van der Waals surface area (Å²) >= 11 is 0. The van der Waals surface area contributed by atoms with E-state index in [1.165, 1.54) is 13.0 Å². The molecule has 1 rings (SSSR count). The average molecular weight is 256 g/mol. The van der Waals surface area contributed by atoms with E-state index in [1.54, 1.807) is 0 Å². The molecular weight excluding hydrogens is 245 g/mol. The van der Waals surface area contributed by atoms with Crippen LogP contribution < -0.4 is 11.1 Å². The number of amides is 1. The van der Waals surface area contributed by atoms with E-state index in [0.717, 1.165) is 12.1 Å². The first-order chi connectivity index (χ1) is 8.30. The lowest BCUT2D eigenvalue weighted by Crippen LogP contribution is -2.19. The minimum absolute atomic E-state index is 0.0844. The molecule has 0 bridgehead atoms. The monoisotopic (exact) mass is 256 g/mol. The van der Waals surface area contributed by atoms with Gasteiger partial charge in [-0.15, -0.1) is 0 Å². The molecular formula is C12H11F3N2O. The van der Waals surface area contributed by atoms with Crippen molar-refractivity contribution in [1.29, 1.82) is 0 Å². The van der Waals surface area contributed by atoms with Crippen molar-refractivity contribution in [3.63, 3.8) is 0 Å². The van der Waals surface area contributed by atoms with Crippen LogP contribution >= 0.6 is 0 Å². The number of nitrogens with two attached hydrogens (primary N) is 1. The average Bonchev–Trinajstić information content (AvgIpc) is 2.24. The molecule has 0 saturated carbocycles. The smallest absolute Gasteiger partial charge is 0.398 e. The van der Waals surface area contributed by atoms with E-state index < -0.39 is 11.7 Å². The lowest BCUT2D eigenvalue weighted by Gasteiger charge is -2.09. The van der Waals surface area contributed by atoms with Crippen molar-refractivity contribution < 1.29 is 18.0 Å². The summed E-state index contributed by atoms with van der Waals surface area (Å²) in [4.78, 5) is 10.5. The van der Waals surface area contributed by atoms with Crippen molar-refractivity contribution in [2.45, 2.75) is 13.1 Å². The molecule has 0 aliphatic heterocycles. The Kier molecular flexibility index (Phi) is 4.21. The third-order valence-electron chi connectivity index (χ3n) is 2.02. The van der Waals surface area contributed by atoms with E-state index in [1.807, 2.05) is 0 Å². The van der Waals surface area contributed by atoms with Crippen LogP contribution in [0.1, 0.15) is 18.1 Å². The maximum absolute atomic E-state index is 12.5. The summed E-state index contributed by atoms with van der Waals surface area (Å²) < 4.78 is 37.6. The van der Waals surface area contributed by atoms with Gasteiger partial charge in [-0.3, -0.25) is 4.79 Å². The van der Waals surface area contributed by atoms with Gasteiger partial charge in [-0.25, -0.2) is 0 Å². The SMILES string of the molecule is CC(=O)NCC#Cc1ccc(N)c(C(F)(F)F)c1. The van der Waals surface area contributed by atoms with Crippen molar-refractivity contribution in [1.82, 2.24) is 5.32 Å². The van der Waals surface area contributed by atoms with Crippen molar-refractivity contribution in [2.75, 3.05) is 12.3 Å². The van der Waals surface area contributed by atoms with Gasteiger partial charge in [-0.1, -0.05) is 11.8 Å². The summed E-state index contributed by atoms with van der Waals surface area (Å²) in [6.45, 7) is 1.41. The maximum Gasteiger partial charge on any atom is 0.418 e. The zero-order valence-corrected chi connectivity index (χ0v) is 9.56. The van der Waals surface area contributed by atoms with Crippen LogP contribution in [0.4, 0.5) is 18.9 Å². The molecule has 0 heterocycles. The van der Waals surface area contributed by atoms with Crippen LogP contribution in [0.25, 0.3) is 0 Å². The van der Waals surface area contributed by atoms with E-state index in [0.29, 0.717) is 0 Å². The molecule has 1 aromatic rings. The van der Waals surface area contributed by atoms with Gasteiger partial charge in [0, 0.05) is 18.2 Å². The third-order valence-corrected chi connectivity index (χ3v) is 2.02. The number of carbonyl (C=O) groups is 1. The second-order valence-electron chi connectivity index (χ2n) is 3.51. The van der Waals surface area contributed by atoms with Gasteiger partial charge in [0.15, 0.2) is 0 Å². The lowest BCUT2D eigenvalue weighted by molar-refractivity contribution is -0.136. The zero-order chi connectivity index (χ0) is 13.8. The highest BCUT2D eigenvalue weighted by Crippen LogP contribution is 2.33. The van der Waals surface area contributed by atoms with Crippen LogP contribution in [0.15, 0.2) is 18.2 Å². The Morgan fingerprint density at radius 2 is 2.11 bits per heavy atom. The topological polar surface area (TPSA) is 55.1 Å². The van der Waals surface area contributed by atoms with E-state index >= 15 is 0 Å². The molecule has 0 aliphatic carbocycles. The number of nitrogens with one attached hydrogen (secondary N) is 1. The maximum atomic E-state index is 12.5. The molecule has 18 heavy (non-hydrogen) atoms. The van der Waals surface area contributed by atoms with Crippen molar-refractivity contribution >= 4 is 11.6 Å². The molecule has 0 aromatic heterocycles. The molecule has 96 valence electrons. The zero-order valence-electron chi connectivity index (χ0n) is 9.56. The number of anilines is 1. The van der Waals surface area contributed by atoms with E-state index in [9.17, 15) is 18.0 Å². The molecule has 0 radical (unpaired) electrons. The first kappa shape index (κ1) is 13.9. The number of carbonyl (C=O) groups excluding carboxylic acids is 1. The van der Waals surface area contributed by atoms with Gasteiger partial charge >= 0.3 is 6.18 Å². The number of rotatable bonds is 1. The van der Waals surface area contributed by atoms with E-state index in [-0.39, 0.29) is 23.7 Å². The highest BCUT2D eigenvalue weighted by molar-refractivity contribution is 5.73. The van der Waals surface area contributed by atoms with Crippen LogP contribution in [0.3, 0.4) is 0 Å². The van der Waals surface area contributed by atoms with Crippen molar-refractivity contribution in [3.05, 3.63) is 29.3 Å². The Morgan fingerprint density at radius 3 is 2.67 bits per heavy atom. The second-order valence-corrected chi connectivity index (χ2v) is 3.51. The van der Waals surface area contributed by atoms with E-state index in [4.69, 9.17) is 5.73 Å². The normalized spacial score (nSPS) is 10.4. The van der Waals surface area contributed by atoms with Crippen LogP contribution in [-0.4, -0.2) is 12.5 Å². The molecule has 1 amide bonds. The Morgan fingerprint density at radius 1 is 1.44 bits per heavy atom. The minimum Gasteiger partial charge on any atom is -0.398 e. The molecule has 0 saturated heterocycles. The van der Waals surface area contributed by atoms with Gasteiger partial charge in [-0.05, 0) is 18.2 Å². The van der Waals surface area contributed by atoms with Gasteiger partial charge in [0.2, 0.25) is 5.91 Å². The van der Waals surface area contributed by atoms with Gasteiger partial charge in [0.25, 0.3) is 0 Å². The van der Waals surface area contributed by atoms with Gasteiger partial charge in [-0.2, -0.15) is 13.2 Å². The summed E-state index contributed by atoms with van der Waals surface area (Å²) in [5.74, 6) is 4.81. The Balaban J connectivity index is 2.89. The van der Waals surface area contributed by atoms with Gasteiger partial charge in [0.05, 0.1) is 12.1 Å². The predicted octanol–water partition coefficient (Wildman–Crippen LogP) is 1.78. The molecule has 3 nitrogen and oxygen atoms in total. The molecule has 0 spiro atoms. The van der Waals surface area contributed by atoms with Crippen LogP contribution in [0, 0.1) is 11.8 Å². The Hall–Kier alpha value is -2.16. The summed E-state index contributed by atoms with van der Waals surface area (Å²) in [7, 11) is 0. The standard InChI is InChI=1S/C12H11F3N2O/c1-8(18)17-6-2-3-9-4-5-11(16)10(7-9)12(13,14)15/h4-5,7H,6,16H2,1H3,(H,17,18). The first-order valence-electron chi connectivity index (χ1n) is 5.00. The minimum atomic E-state index is -4.50. The quantitative estimate of drug-likeness (QED) is 0.594. The lowest BCUT2D eigenvalue weighted by atomic mass is 10.1. The molecule has 6 heteroatoms. The number of hydrogen-bond acceptors (Lipinski definition) is 2. The molecule has 0 fully saturated rings. The largest absolute Gasteiger partial charge is 0.418 e.